The average molecular weight is 355 g/mol. The number of carbonyl (C=O) groups is 1. The van der Waals surface area contributed by atoms with E-state index in [0.717, 1.165) is 45.1 Å². The molecule has 144 valence electrons. The third-order valence-corrected chi connectivity index (χ3v) is 5.04. The van der Waals surface area contributed by atoms with Crippen molar-refractivity contribution in [2.24, 2.45) is 4.99 Å². The van der Waals surface area contributed by atoms with Crippen molar-refractivity contribution < 1.29 is 14.3 Å². The Balaban J connectivity index is 1.73. The van der Waals surface area contributed by atoms with Gasteiger partial charge < -0.3 is 25.0 Å². The molecular formula is C17H33N5O3. The fraction of sp³-hybridized carbons (Fsp3) is 0.882. The molecule has 0 aliphatic carbocycles. The molecule has 0 spiro atoms. The zero-order valence-corrected chi connectivity index (χ0v) is 16.0. The minimum atomic E-state index is -0.241. The van der Waals surface area contributed by atoms with E-state index in [1.807, 2.05) is 0 Å². The van der Waals surface area contributed by atoms with Gasteiger partial charge in [0.05, 0.1) is 20.3 Å². The molecule has 2 rings (SSSR count). The maximum Gasteiger partial charge on any atom is 0.409 e. The number of nitrogens with zero attached hydrogens (tertiary/aromatic N) is 3. The Labute approximate surface area is 150 Å². The van der Waals surface area contributed by atoms with E-state index in [4.69, 9.17) is 9.47 Å². The summed E-state index contributed by atoms with van der Waals surface area (Å²) in [6.07, 6.45) is 1.55. The SMILES string of the molecule is CN=C(NCC(C)N1CCOCC1C)NC1CCN(C(=O)OC)CC1. The van der Waals surface area contributed by atoms with Crippen molar-refractivity contribution in [3.63, 3.8) is 0 Å². The first-order valence-electron chi connectivity index (χ1n) is 9.18. The molecule has 2 unspecified atom stereocenters. The summed E-state index contributed by atoms with van der Waals surface area (Å²) >= 11 is 0. The second-order valence-corrected chi connectivity index (χ2v) is 6.84. The van der Waals surface area contributed by atoms with Crippen LogP contribution in [0.1, 0.15) is 26.7 Å². The molecule has 2 heterocycles. The molecule has 1 amide bonds. The van der Waals surface area contributed by atoms with Crippen LogP contribution in [0.4, 0.5) is 4.79 Å². The van der Waals surface area contributed by atoms with Crippen LogP contribution in [0.2, 0.25) is 0 Å². The zero-order valence-electron chi connectivity index (χ0n) is 16.0. The van der Waals surface area contributed by atoms with Crippen LogP contribution in [0, 0.1) is 0 Å². The van der Waals surface area contributed by atoms with Gasteiger partial charge in [-0.1, -0.05) is 0 Å². The largest absolute Gasteiger partial charge is 0.453 e. The number of aliphatic imine (C=N–C) groups is 1. The highest BCUT2D eigenvalue weighted by Gasteiger charge is 2.25. The Morgan fingerprint density at radius 1 is 1.36 bits per heavy atom. The van der Waals surface area contributed by atoms with Gasteiger partial charge in [0.15, 0.2) is 5.96 Å². The maximum absolute atomic E-state index is 11.5. The fourth-order valence-electron chi connectivity index (χ4n) is 3.48. The number of methoxy groups -OCH3 is 1. The van der Waals surface area contributed by atoms with Crippen LogP contribution < -0.4 is 10.6 Å². The molecule has 2 saturated heterocycles. The lowest BCUT2D eigenvalue weighted by molar-refractivity contribution is -0.0174. The Morgan fingerprint density at radius 2 is 2.08 bits per heavy atom. The summed E-state index contributed by atoms with van der Waals surface area (Å²) in [5, 5.41) is 6.90. The third-order valence-electron chi connectivity index (χ3n) is 5.04. The average Bonchev–Trinajstić information content (AvgIpc) is 2.65. The zero-order chi connectivity index (χ0) is 18.2. The predicted molar refractivity (Wildman–Crippen MR) is 97.9 cm³/mol. The number of amides is 1. The van der Waals surface area contributed by atoms with E-state index >= 15 is 0 Å². The number of piperidine rings is 1. The van der Waals surface area contributed by atoms with Crippen molar-refractivity contribution in [1.82, 2.24) is 20.4 Å². The molecule has 2 fully saturated rings. The van der Waals surface area contributed by atoms with E-state index in [9.17, 15) is 4.79 Å². The van der Waals surface area contributed by atoms with Gasteiger partial charge in [-0.05, 0) is 26.7 Å². The van der Waals surface area contributed by atoms with Crippen LogP contribution in [0.3, 0.4) is 0 Å². The van der Waals surface area contributed by atoms with Gasteiger partial charge in [-0.25, -0.2) is 4.79 Å². The van der Waals surface area contributed by atoms with E-state index < -0.39 is 0 Å². The molecule has 8 heteroatoms. The Bertz CT molecular complexity index is 452. The molecule has 0 saturated carbocycles. The highest BCUT2D eigenvalue weighted by atomic mass is 16.5. The number of likely N-dealkylation sites (tertiary alicyclic amines) is 1. The number of hydrogen-bond acceptors (Lipinski definition) is 5. The molecule has 0 aromatic carbocycles. The summed E-state index contributed by atoms with van der Waals surface area (Å²) in [6, 6.07) is 1.19. The van der Waals surface area contributed by atoms with Crippen LogP contribution >= 0.6 is 0 Å². The van der Waals surface area contributed by atoms with Crippen LogP contribution in [0.15, 0.2) is 4.99 Å². The van der Waals surface area contributed by atoms with Crippen LogP contribution in [-0.4, -0.2) is 93.5 Å². The van der Waals surface area contributed by atoms with Gasteiger partial charge in [-0.15, -0.1) is 0 Å². The summed E-state index contributed by atoms with van der Waals surface area (Å²) in [7, 11) is 3.22. The van der Waals surface area contributed by atoms with Crippen LogP contribution in [0.5, 0.6) is 0 Å². The Hall–Kier alpha value is -1.54. The molecule has 2 aliphatic heterocycles. The Kier molecular flexibility index (Phi) is 7.77. The molecule has 0 aromatic heterocycles. The molecule has 0 bridgehead atoms. The normalized spacial score (nSPS) is 24.7. The molecule has 0 aromatic rings. The quantitative estimate of drug-likeness (QED) is 0.565. The molecular weight excluding hydrogens is 322 g/mol. The maximum atomic E-state index is 11.5. The number of ether oxygens (including phenoxy) is 2. The molecule has 2 aliphatic rings. The number of guanidine groups is 1. The summed E-state index contributed by atoms with van der Waals surface area (Å²) < 4.78 is 10.3. The van der Waals surface area contributed by atoms with Crippen molar-refractivity contribution >= 4 is 12.1 Å². The smallest absolute Gasteiger partial charge is 0.409 e. The van der Waals surface area contributed by atoms with E-state index in [0.29, 0.717) is 31.2 Å². The summed E-state index contributed by atoms with van der Waals surface area (Å²) in [4.78, 5) is 20.1. The molecule has 2 atom stereocenters. The minimum absolute atomic E-state index is 0.241. The molecule has 2 N–H and O–H groups in total. The van der Waals surface area contributed by atoms with E-state index in [2.05, 4.69) is 34.4 Å². The van der Waals surface area contributed by atoms with Gasteiger partial charge in [0.1, 0.15) is 0 Å². The number of rotatable bonds is 4. The minimum Gasteiger partial charge on any atom is -0.453 e. The Morgan fingerprint density at radius 3 is 2.68 bits per heavy atom. The van der Waals surface area contributed by atoms with Gasteiger partial charge >= 0.3 is 6.09 Å². The second kappa shape index (κ2) is 9.82. The first kappa shape index (κ1) is 19.8. The fourth-order valence-corrected chi connectivity index (χ4v) is 3.48. The second-order valence-electron chi connectivity index (χ2n) is 6.84. The standard InChI is InChI=1S/C17H33N5O3/c1-13(22-9-10-25-12-14(22)2)11-19-16(18-3)20-15-5-7-21(8-6-15)17(23)24-4/h13-15H,5-12H2,1-4H3,(H2,18,19,20). The van der Waals surface area contributed by atoms with Crippen LogP contribution in [-0.2, 0) is 9.47 Å². The molecule has 25 heavy (non-hydrogen) atoms. The van der Waals surface area contributed by atoms with Crippen molar-refractivity contribution in [3.8, 4) is 0 Å². The summed E-state index contributed by atoms with van der Waals surface area (Å²) in [5.41, 5.74) is 0. The van der Waals surface area contributed by atoms with E-state index in [1.165, 1.54) is 7.11 Å². The van der Waals surface area contributed by atoms with Crippen LogP contribution in [0.25, 0.3) is 0 Å². The first-order valence-corrected chi connectivity index (χ1v) is 9.18. The van der Waals surface area contributed by atoms with Crippen molar-refractivity contribution in [2.75, 3.05) is 53.6 Å². The number of morpholine rings is 1. The van der Waals surface area contributed by atoms with Crippen molar-refractivity contribution in [2.45, 2.75) is 44.8 Å². The van der Waals surface area contributed by atoms with E-state index in [-0.39, 0.29) is 6.09 Å². The lowest BCUT2D eigenvalue weighted by Crippen LogP contribution is -2.54. The number of carbonyl (C=O) groups excluding carboxylic acids is 1. The number of nitrogens with one attached hydrogen (secondary N) is 2. The van der Waals surface area contributed by atoms with Gasteiger partial charge in [0.25, 0.3) is 0 Å². The van der Waals surface area contributed by atoms with Crippen molar-refractivity contribution in [1.29, 1.82) is 0 Å². The first-order chi connectivity index (χ1) is 12.0. The monoisotopic (exact) mass is 355 g/mol. The highest BCUT2D eigenvalue weighted by Crippen LogP contribution is 2.12. The molecule has 8 nitrogen and oxygen atoms in total. The van der Waals surface area contributed by atoms with Crippen molar-refractivity contribution in [3.05, 3.63) is 0 Å². The van der Waals surface area contributed by atoms with E-state index in [1.54, 1.807) is 11.9 Å². The van der Waals surface area contributed by atoms with Gasteiger partial charge in [0.2, 0.25) is 0 Å². The summed E-state index contributed by atoms with van der Waals surface area (Å²) in [6.45, 7) is 9.28. The van der Waals surface area contributed by atoms with Gasteiger partial charge in [0, 0.05) is 51.4 Å². The van der Waals surface area contributed by atoms with Gasteiger partial charge in [-0.3, -0.25) is 9.89 Å². The lowest BCUT2D eigenvalue weighted by atomic mass is 10.1. The highest BCUT2D eigenvalue weighted by molar-refractivity contribution is 5.80. The third kappa shape index (κ3) is 5.74. The van der Waals surface area contributed by atoms with Gasteiger partial charge in [-0.2, -0.15) is 0 Å². The topological polar surface area (TPSA) is 78.4 Å². The predicted octanol–water partition coefficient (Wildman–Crippen LogP) is 0.491. The number of hydrogen-bond donors (Lipinski definition) is 2. The lowest BCUT2D eigenvalue weighted by Gasteiger charge is -2.38. The summed E-state index contributed by atoms with van der Waals surface area (Å²) in [5.74, 6) is 0.823. The molecule has 0 radical (unpaired) electrons.